The van der Waals surface area contributed by atoms with Crippen LogP contribution in [0.2, 0.25) is 0 Å². The fourth-order valence-corrected chi connectivity index (χ4v) is 4.08. The van der Waals surface area contributed by atoms with Gasteiger partial charge in [0.1, 0.15) is 5.75 Å². The molecule has 1 heterocycles. The van der Waals surface area contributed by atoms with Crippen LogP contribution in [0, 0.1) is 0 Å². The van der Waals surface area contributed by atoms with E-state index in [1.54, 1.807) is 14.0 Å². The van der Waals surface area contributed by atoms with Crippen LogP contribution in [0.4, 0.5) is 0 Å². The molecule has 4 rings (SSSR count). The van der Waals surface area contributed by atoms with Crippen LogP contribution < -0.4 is 10.1 Å². The molecule has 0 spiro atoms. The molecule has 0 saturated carbocycles. The lowest BCUT2D eigenvalue weighted by Gasteiger charge is -2.16. The van der Waals surface area contributed by atoms with Gasteiger partial charge in [0, 0.05) is 11.9 Å². The Bertz CT molecular complexity index is 1210. The second-order valence-electron chi connectivity index (χ2n) is 8.11. The number of amides is 1. The number of carbonyl (C=O) groups excluding carboxylic acids is 2. The predicted octanol–water partition coefficient (Wildman–Crippen LogP) is 4.80. The van der Waals surface area contributed by atoms with Gasteiger partial charge >= 0.3 is 5.97 Å². The van der Waals surface area contributed by atoms with Crippen molar-refractivity contribution in [1.29, 1.82) is 0 Å². The summed E-state index contributed by atoms with van der Waals surface area (Å²) < 4.78 is 10.8. The topological polar surface area (TPSA) is 77.5 Å². The number of allylic oxidation sites excluding steroid dienone is 1. The number of nitrogens with one attached hydrogen (secondary N) is 1. The highest BCUT2D eigenvalue weighted by molar-refractivity contribution is 6.07. The second kappa shape index (κ2) is 9.86. The maximum absolute atomic E-state index is 13.3. The van der Waals surface area contributed by atoms with Crippen LogP contribution in [0.1, 0.15) is 53.9 Å². The first-order chi connectivity index (χ1) is 16.0. The molecule has 6 heteroatoms. The molecule has 6 nitrogen and oxygen atoms in total. The van der Waals surface area contributed by atoms with Gasteiger partial charge in [-0.2, -0.15) is 0 Å². The molecule has 0 unspecified atom stereocenters. The number of para-hydroxylation sites is 1. The van der Waals surface area contributed by atoms with Crippen LogP contribution in [0.5, 0.6) is 5.75 Å². The van der Waals surface area contributed by atoms with Crippen LogP contribution in [-0.2, 0) is 16.0 Å². The van der Waals surface area contributed by atoms with Crippen molar-refractivity contribution in [2.24, 2.45) is 0 Å². The van der Waals surface area contributed by atoms with Crippen LogP contribution in [0.25, 0.3) is 22.6 Å². The molecule has 1 atom stereocenters. The van der Waals surface area contributed by atoms with Crippen LogP contribution in [0.3, 0.4) is 0 Å². The molecule has 33 heavy (non-hydrogen) atoms. The first-order valence-corrected chi connectivity index (χ1v) is 11.3. The summed E-state index contributed by atoms with van der Waals surface area (Å²) in [6.45, 7) is 4.12. The molecule has 1 aliphatic carbocycles. The summed E-state index contributed by atoms with van der Waals surface area (Å²) in [4.78, 5) is 30.4. The van der Waals surface area contributed by atoms with Crippen molar-refractivity contribution in [2.45, 2.75) is 39.2 Å². The summed E-state index contributed by atoms with van der Waals surface area (Å²) in [6, 6.07) is 15.4. The third-order valence-corrected chi connectivity index (χ3v) is 5.80. The third-order valence-electron chi connectivity index (χ3n) is 5.80. The molecule has 1 N–H and O–H groups in total. The van der Waals surface area contributed by atoms with E-state index in [4.69, 9.17) is 14.5 Å². The van der Waals surface area contributed by atoms with Crippen molar-refractivity contribution in [2.75, 3.05) is 13.7 Å². The van der Waals surface area contributed by atoms with Gasteiger partial charge in [-0.15, -0.1) is 0 Å². The zero-order valence-electron chi connectivity index (χ0n) is 19.2. The number of hydrogen-bond acceptors (Lipinski definition) is 5. The van der Waals surface area contributed by atoms with Gasteiger partial charge < -0.3 is 14.8 Å². The van der Waals surface area contributed by atoms with E-state index < -0.39 is 12.1 Å². The average molecular weight is 445 g/mol. The van der Waals surface area contributed by atoms with Crippen LogP contribution in [-0.4, -0.2) is 36.6 Å². The van der Waals surface area contributed by atoms with Crippen molar-refractivity contribution in [3.05, 3.63) is 70.9 Å². The molecular weight excluding hydrogens is 416 g/mol. The number of pyridine rings is 1. The number of carbonyl (C=O) groups is 2. The predicted molar refractivity (Wildman–Crippen MR) is 129 cm³/mol. The van der Waals surface area contributed by atoms with Crippen molar-refractivity contribution >= 4 is 34.4 Å². The Labute approximate surface area is 193 Å². The molecular formula is C27H28N2O4. The highest BCUT2D eigenvalue weighted by atomic mass is 16.5. The van der Waals surface area contributed by atoms with Crippen LogP contribution >= 0.6 is 0 Å². The molecule has 1 aliphatic rings. The lowest BCUT2D eigenvalue weighted by atomic mass is 10.0. The number of methoxy groups -OCH3 is 1. The van der Waals surface area contributed by atoms with Gasteiger partial charge in [0.05, 0.1) is 23.9 Å². The number of fused-ring (bicyclic) bond motifs is 2. The molecule has 170 valence electrons. The SMILES string of the molecule is CCCNC(=O)[C@@H](C)OC(=O)c1c2c(nc3ccccc13)/C(=C/c1ccc(OC)cc1)CC2. The summed E-state index contributed by atoms with van der Waals surface area (Å²) in [6.07, 6.45) is 3.51. The number of rotatable bonds is 7. The van der Waals surface area contributed by atoms with Crippen molar-refractivity contribution < 1.29 is 19.1 Å². The van der Waals surface area contributed by atoms with E-state index >= 15 is 0 Å². The molecule has 0 bridgehead atoms. The maximum Gasteiger partial charge on any atom is 0.339 e. The summed E-state index contributed by atoms with van der Waals surface area (Å²) in [5, 5.41) is 3.52. The Morgan fingerprint density at radius 2 is 1.88 bits per heavy atom. The number of esters is 1. The van der Waals surface area contributed by atoms with E-state index in [1.807, 2.05) is 55.5 Å². The number of ether oxygens (including phenoxy) is 2. The summed E-state index contributed by atoms with van der Waals surface area (Å²) >= 11 is 0. The van der Waals surface area contributed by atoms with E-state index in [9.17, 15) is 9.59 Å². The zero-order chi connectivity index (χ0) is 23.4. The molecule has 1 aromatic heterocycles. The minimum absolute atomic E-state index is 0.291. The van der Waals surface area contributed by atoms with Crippen molar-refractivity contribution in [3.63, 3.8) is 0 Å². The number of hydrogen-bond donors (Lipinski definition) is 1. The van der Waals surface area contributed by atoms with E-state index in [0.29, 0.717) is 18.5 Å². The molecule has 2 aromatic carbocycles. The van der Waals surface area contributed by atoms with Crippen molar-refractivity contribution in [3.8, 4) is 5.75 Å². The zero-order valence-corrected chi connectivity index (χ0v) is 19.2. The highest BCUT2D eigenvalue weighted by Gasteiger charge is 2.29. The maximum atomic E-state index is 13.3. The first kappa shape index (κ1) is 22.5. The quantitative estimate of drug-likeness (QED) is 0.530. The minimum Gasteiger partial charge on any atom is -0.497 e. The second-order valence-corrected chi connectivity index (χ2v) is 8.11. The number of nitrogens with zero attached hydrogens (tertiary/aromatic N) is 1. The molecule has 0 aliphatic heterocycles. The Morgan fingerprint density at radius 1 is 1.12 bits per heavy atom. The van der Waals surface area contributed by atoms with Gasteiger partial charge in [-0.25, -0.2) is 9.78 Å². The van der Waals surface area contributed by atoms with Gasteiger partial charge in [-0.1, -0.05) is 37.3 Å². The Kier molecular flexibility index (Phi) is 6.73. The van der Waals surface area contributed by atoms with Gasteiger partial charge in [-0.3, -0.25) is 4.79 Å². The van der Waals surface area contributed by atoms with Crippen LogP contribution in [0.15, 0.2) is 48.5 Å². The Morgan fingerprint density at radius 3 is 2.61 bits per heavy atom. The average Bonchev–Trinajstić information content (AvgIpc) is 3.23. The molecule has 0 saturated heterocycles. The number of aromatic nitrogens is 1. The van der Waals surface area contributed by atoms with E-state index in [0.717, 1.165) is 51.9 Å². The summed E-state index contributed by atoms with van der Waals surface area (Å²) in [5.41, 5.74) is 5.04. The third kappa shape index (κ3) is 4.75. The van der Waals surface area contributed by atoms with Gasteiger partial charge in [0.15, 0.2) is 6.10 Å². The molecule has 1 amide bonds. The molecule has 0 radical (unpaired) electrons. The van der Waals surface area contributed by atoms with Gasteiger partial charge in [-0.05, 0) is 67.2 Å². The van der Waals surface area contributed by atoms with E-state index in [1.165, 1.54) is 0 Å². The normalized spacial score (nSPS) is 14.7. The molecule has 3 aromatic rings. The summed E-state index contributed by atoms with van der Waals surface area (Å²) in [5.74, 6) is 0.0187. The lowest BCUT2D eigenvalue weighted by molar-refractivity contribution is -0.129. The minimum atomic E-state index is -0.873. The molecule has 0 fully saturated rings. The first-order valence-electron chi connectivity index (χ1n) is 11.3. The lowest BCUT2D eigenvalue weighted by Crippen LogP contribution is -2.36. The standard InChI is InChI=1S/C27H28N2O4/c1-4-15-28-26(30)17(2)33-27(31)24-21-7-5-6-8-23(21)29-25-19(11-14-22(24)25)16-18-9-12-20(32-3)13-10-18/h5-10,12-13,16-17H,4,11,14-15H2,1-3H3,(H,28,30)/b19-16+/t17-/m1/s1. The van der Waals surface area contributed by atoms with E-state index in [-0.39, 0.29) is 5.91 Å². The highest BCUT2D eigenvalue weighted by Crippen LogP contribution is 2.38. The van der Waals surface area contributed by atoms with Gasteiger partial charge in [0.25, 0.3) is 5.91 Å². The summed E-state index contributed by atoms with van der Waals surface area (Å²) in [7, 11) is 1.64. The largest absolute Gasteiger partial charge is 0.497 e. The fraction of sp³-hybridized carbons (Fsp3) is 0.296. The van der Waals surface area contributed by atoms with Gasteiger partial charge in [0.2, 0.25) is 0 Å². The monoisotopic (exact) mass is 444 g/mol. The number of benzene rings is 2. The Hall–Kier alpha value is -3.67. The fourth-order valence-electron chi connectivity index (χ4n) is 4.08. The van der Waals surface area contributed by atoms with E-state index in [2.05, 4.69) is 11.4 Å². The van der Waals surface area contributed by atoms with Crippen molar-refractivity contribution in [1.82, 2.24) is 10.3 Å². The smallest absolute Gasteiger partial charge is 0.339 e. The Balaban J connectivity index is 1.71.